The van der Waals surface area contributed by atoms with E-state index in [9.17, 15) is 0 Å². The largest absolute Gasteiger partial charge is 0.208 e. The molecule has 0 saturated carbocycles. The van der Waals surface area contributed by atoms with E-state index in [4.69, 9.17) is 29.9 Å². The second-order valence-corrected chi connectivity index (χ2v) is 17.4. The Balaban J connectivity index is 1.15. The van der Waals surface area contributed by atoms with Gasteiger partial charge < -0.3 is 0 Å². The third kappa shape index (κ3) is 5.80. The number of fused-ring (bicyclic) bond motifs is 10. The molecule has 0 saturated heterocycles. The van der Waals surface area contributed by atoms with Crippen molar-refractivity contribution in [3.05, 3.63) is 196 Å². The summed E-state index contributed by atoms with van der Waals surface area (Å²) in [5.74, 6) is 3.90. The lowest BCUT2D eigenvalue weighted by Crippen LogP contribution is -2.26. The lowest BCUT2D eigenvalue weighted by Gasteiger charge is -2.31. The second kappa shape index (κ2) is 14.8. The standard InChI is InChI=1S/C51H34N6S3/c1-3-5-14-31(13-4-2)45-52-46(54-48(53-45)42-19-10-26-58-42)32-22-24-36-37-25-23-33(47-55-49(43-20-11-27-59-43)57-50(56-47)44-21-12-28-60-44)30-41(37)51(40(36)29-32)38-17-8-6-15-34(38)35-16-7-9-18-39(35)51/h3-30H,1-2H3/b5-3-,13-4+,31-14+. The minimum Gasteiger partial charge on any atom is -0.208 e. The van der Waals surface area contributed by atoms with E-state index in [2.05, 4.69) is 131 Å². The maximum Gasteiger partial charge on any atom is 0.174 e. The third-order valence-electron chi connectivity index (χ3n) is 11.2. The first-order valence-corrected chi connectivity index (χ1v) is 22.4. The molecule has 9 heteroatoms. The fraction of sp³-hybridized carbons (Fsp3) is 0.0588. The fourth-order valence-electron chi connectivity index (χ4n) is 8.69. The highest BCUT2D eigenvalue weighted by atomic mass is 32.1. The summed E-state index contributed by atoms with van der Waals surface area (Å²) in [7, 11) is 0. The number of allylic oxidation sites excluding steroid dienone is 6. The van der Waals surface area contributed by atoms with Crippen molar-refractivity contribution in [1.82, 2.24) is 29.9 Å². The number of benzene rings is 4. The van der Waals surface area contributed by atoms with Gasteiger partial charge in [0, 0.05) is 16.7 Å². The molecule has 6 nitrogen and oxygen atoms in total. The van der Waals surface area contributed by atoms with Crippen LogP contribution in [0.1, 0.15) is 41.9 Å². The van der Waals surface area contributed by atoms with Gasteiger partial charge in [-0.25, -0.2) is 29.9 Å². The predicted molar refractivity (Wildman–Crippen MR) is 248 cm³/mol. The van der Waals surface area contributed by atoms with E-state index < -0.39 is 5.41 Å². The third-order valence-corrected chi connectivity index (χ3v) is 13.8. The monoisotopic (exact) mass is 826 g/mol. The van der Waals surface area contributed by atoms with Crippen LogP contribution in [-0.4, -0.2) is 29.9 Å². The van der Waals surface area contributed by atoms with E-state index in [1.807, 2.05) is 50.3 Å². The molecule has 0 N–H and O–H groups in total. The molecule has 0 atom stereocenters. The molecule has 4 aromatic carbocycles. The molecule has 0 amide bonds. The molecular weight excluding hydrogens is 793 g/mol. The topological polar surface area (TPSA) is 77.3 Å². The van der Waals surface area contributed by atoms with E-state index >= 15 is 0 Å². The Bertz CT molecular complexity index is 3080. The van der Waals surface area contributed by atoms with Crippen molar-refractivity contribution in [2.45, 2.75) is 19.3 Å². The Labute approximate surface area is 359 Å². The summed E-state index contributed by atoms with van der Waals surface area (Å²) in [5, 5.41) is 6.18. The van der Waals surface area contributed by atoms with Crippen molar-refractivity contribution in [3.63, 3.8) is 0 Å². The van der Waals surface area contributed by atoms with E-state index in [1.54, 1.807) is 34.0 Å². The highest BCUT2D eigenvalue weighted by Gasteiger charge is 2.52. The average Bonchev–Trinajstić information content (AvgIpc) is 4.17. The molecule has 0 unspecified atom stereocenters. The Morgan fingerprint density at radius 2 is 0.900 bits per heavy atom. The van der Waals surface area contributed by atoms with Crippen LogP contribution in [-0.2, 0) is 5.41 Å². The number of rotatable bonds is 8. The van der Waals surface area contributed by atoms with Crippen LogP contribution in [0, 0.1) is 0 Å². The molecule has 9 aromatic rings. The molecule has 1 spiro atoms. The normalized spacial score (nSPS) is 13.6. The maximum atomic E-state index is 5.18. The Kier molecular flexibility index (Phi) is 8.96. The van der Waals surface area contributed by atoms with Gasteiger partial charge in [-0.3, -0.25) is 0 Å². The molecule has 5 aromatic heterocycles. The van der Waals surface area contributed by atoms with Gasteiger partial charge >= 0.3 is 0 Å². The molecule has 2 aliphatic rings. The Morgan fingerprint density at radius 3 is 1.38 bits per heavy atom. The highest BCUT2D eigenvalue weighted by molar-refractivity contribution is 7.14. The molecule has 0 bridgehead atoms. The summed E-state index contributed by atoms with van der Waals surface area (Å²) >= 11 is 4.89. The molecule has 11 rings (SSSR count). The van der Waals surface area contributed by atoms with Crippen molar-refractivity contribution in [1.29, 1.82) is 0 Å². The number of aromatic nitrogens is 6. The molecule has 0 fully saturated rings. The van der Waals surface area contributed by atoms with Crippen LogP contribution in [0.25, 0.3) is 82.7 Å². The zero-order chi connectivity index (χ0) is 40.2. The summed E-state index contributed by atoms with van der Waals surface area (Å²) in [4.78, 5) is 33.6. The van der Waals surface area contributed by atoms with Crippen LogP contribution in [0.4, 0.5) is 0 Å². The molecule has 0 radical (unpaired) electrons. The first kappa shape index (κ1) is 36.3. The SMILES string of the molecule is C\C=C/C=C(\C=C\C)c1nc(-c2ccc3c(c2)C2(c4ccccc4-c4ccccc42)c2cc(-c4nc(-c5cccs5)nc(-c5cccs5)n4)ccc2-3)nc(-c2cccs2)n1. The minimum atomic E-state index is -0.627. The average molecular weight is 827 g/mol. The summed E-state index contributed by atoms with van der Waals surface area (Å²) < 4.78 is 0. The number of hydrogen-bond donors (Lipinski definition) is 0. The summed E-state index contributed by atoms with van der Waals surface area (Å²) in [6.45, 7) is 4.02. The number of thiophene rings is 3. The molecule has 2 aliphatic carbocycles. The minimum absolute atomic E-state index is 0.625. The van der Waals surface area contributed by atoms with Gasteiger partial charge in [-0.15, -0.1) is 34.0 Å². The van der Waals surface area contributed by atoms with E-state index in [1.165, 1.54) is 44.5 Å². The van der Waals surface area contributed by atoms with E-state index in [-0.39, 0.29) is 0 Å². The van der Waals surface area contributed by atoms with Crippen LogP contribution < -0.4 is 0 Å². The Morgan fingerprint density at radius 1 is 0.450 bits per heavy atom. The summed E-state index contributed by atoms with van der Waals surface area (Å²) in [6, 6.07) is 43.5. The van der Waals surface area contributed by atoms with Gasteiger partial charge in [-0.2, -0.15) is 0 Å². The van der Waals surface area contributed by atoms with Crippen LogP contribution in [0.2, 0.25) is 0 Å². The van der Waals surface area contributed by atoms with Gasteiger partial charge in [0.1, 0.15) is 0 Å². The van der Waals surface area contributed by atoms with Gasteiger partial charge in [-0.05, 0) is 105 Å². The van der Waals surface area contributed by atoms with Crippen molar-refractivity contribution in [2.75, 3.05) is 0 Å². The first-order chi connectivity index (χ1) is 29.6. The summed E-state index contributed by atoms with van der Waals surface area (Å²) in [6.07, 6.45) is 10.2. The maximum absolute atomic E-state index is 5.18. The second-order valence-electron chi connectivity index (χ2n) is 14.6. The van der Waals surface area contributed by atoms with Crippen molar-refractivity contribution in [2.24, 2.45) is 0 Å². The smallest absolute Gasteiger partial charge is 0.174 e. The van der Waals surface area contributed by atoms with Crippen molar-refractivity contribution >= 4 is 39.6 Å². The lowest BCUT2D eigenvalue weighted by molar-refractivity contribution is 0.794. The first-order valence-electron chi connectivity index (χ1n) is 19.7. The van der Waals surface area contributed by atoms with Gasteiger partial charge in [0.2, 0.25) is 0 Å². The molecular formula is C51H34N6S3. The number of hydrogen-bond acceptors (Lipinski definition) is 9. The van der Waals surface area contributed by atoms with Crippen LogP contribution in [0.15, 0.2) is 168 Å². The van der Waals surface area contributed by atoms with Crippen LogP contribution in [0.3, 0.4) is 0 Å². The van der Waals surface area contributed by atoms with E-state index in [0.29, 0.717) is 34.9 Å². The zero-order valence-corrected chi connectivity index (χ0v) is 35.0. The van der Waals surface area contributed by atoms with E-state index in [0.717, 1.165) is 31.3 Å². The van der Waals surface area contributed by atoms with Gasteiger partial charge in [0.05, 0.1) is 20.0 Å². The Hall–Kier alpha value is -6.78. The van der Waals surface area contributed by atoms with Crippen LogP contribution in [0.5, 0.6) is 0 Å². The molecule has 5 heterocycles. The lowest BCUT2D eigenvalue weighted by atomic mass is 9.70. The van der Waals surface area contributed by atoms with Gasteiger partial charge in [0.15, 0.2) is 34.9 Å². The van der Waals surface area contributed by atoms with Crippen molar-refractivity contribution < 1.29 is 0 Å². The predicted octanol–water partition coefficient (Wildman–Crippen LogP) is 13.5. The zero-order valence-electron chi connectivity index (χ0n) is 32.6. The molecule has 0 aliphatic heterocycles. The molecule has 60 heavy (non-hydrogen) atoms. The highest BCUT2D eigenvalue weighted by Crippen LogP contribution is 2.63. The molecule has 286 valence electrons. The van der Waals surface area contributed by atoms with Crippen molar-refractivity contribution in [3.8, 4) is 77.1 Å². The fourth-order valence-corrected chi connectivity index (χ4v) is 10.7. The summed E-state index contributed by atoms with van der Waals surface area (Å²) in [5.41, 5.74) is 11.8. The van der Waals surface area contributed by atoms with Crippen LogP contribution >= 0.6 is 34.0 Å². The quantitative estimate of drug-likeness (QED) is 0.142. The van der Waals surface area contributed by atoms with Gasteiger partial charge in [-0.1, -0.05) is 121 Å². The van der Waals surface area contributed by atoms with Gasteiger partial charge in [0.25, 0.3) is 0 Å². The number of nitrogens with zero attached hydrogens (tertiary/aromatic N) is 6.